The van der Waals surface area contributed by atoms with Gasteiger partial charge in [0.15, 0.2) is 0 Å². The van der Waals surface area contributed by atoms with E-state index in [1.807, 2.05) is 19.1 Å². The van der Waals surface area contributed by atoms with Crippen molar-refractivity contribution in [3.8, 4) is 5.75 Å². The molecule has 0 radical (unpaired) electrons. The monoisotopic (exact) mass is 191 g/mol. The highest BCUT2D eigenvalue weighted by atomic mass is 16.5. The van der Waals surface area contributed by atoms with Gasteiger partial charge in [-0.2, -0.15) is 0 Å². The molecule has 76 valence electrons. The van der Waals surface area contributed by atoms with Gasteiger partial charge in [-0.15, -0.1) is 0 Å². The molecule has 1 aliphatic carbocycles. The standard InChI is InChI=1S/C12H17NO/c1-3-14-10-6-4-9(5-7-10)12(2)8-11(12)13/h4-7,11H,3,8,13H2,1-2H3. The average molecular weight is 191 g/mol. The zero-order valence-electron chi connectivity index (χ0n) is 8.79. The second-order valence-electron chi connectivity index (χ2n) is 4.19. The molecule has 2 rings (SSSR count). The van der Waals surface area contributed by atoms with E-state index in [1.165, 1.54) is 5.56 Å². The number of ether oxygens (including phenoxy) is 1. The van der Waals surface area contributed by atoms with Crippen LogP contribution in [0.4, 0.5) is 0 Å². The van der Waals surface area contributed by atoms with Gasteiger partial charge < -0.3 is 10.5 Å². The Bertz CT molecular complexity index is 320. The van der Waals surface area contributed by atoms with Crippen LogP contribution < -0.4 is 10.5 Å². The summed E-state index contributed by atoms with van der Waals surface area (Å²) in [5.41, 5.74) is 7.44. The highest BCUT2D eigenvalue weighted by Crippen LogP contribution is 2.46. The fraction of sp³-hybridized carbons (Fsp3) is 0.500. The van der Waals surface area contributed by atoms with Crippen LogP contribution in [0.25, 0.3) is 0 Å². The molecule has 0 heterocycles. The maximum absolute atomic E-state index is 5.90. The van der Waals surface area contributed by atoms with Gasteiger partial charge in [0, 0.05) is 11.5 Å². The molecule has 1 fully saturated rings. The summed E-state index contributed by atoms with van der Waals surface area (Å²) in [6, 6.07) is 8.63. The summed E-state index contributed by atoms with van der Waals surface area (Å²) in [7, 11) is 0. The van der Waals surface area contributed by atoms with E-state index in [2.05, 4.69) is 19.1 Å². The Labute approximate surface area is 85.1 Å². The number of hydrogen-bond acceptors (Lipinski definition) is 2. The van der Waals surface area contributed by atoms with Gasteiger partial charge in [0.25, 0.3) is 0 Å². The van der Waals surface area contributed by atoms with Gasteiger partial charge in [0.05, 0.1) is 6.61 Å². The van der Waals surface area contributed by atoms with Crippen LogP contribution in [-0.2, 0) is 5.41 Å². The highest BCUT2D eigenvalue weighted by Gasteiger charge is 2.48. The molecular formula is C12H17NO. The molecule has 2 heteroatoms. The maximum Gasteiger partial charge on any atom is 0.119 e. The number of nitrogens with two attached hydrogens (primary N) is 1. The van der Waals surface area contributed by atoms with E-state index in [0.29, 0.717) is 6.04 Å². The lowest BCUT2D eigenvalue weighted by Gasteiger charge is -2.11. The van der Waals surface area contributed by atoms with E-state index < -0.39 is 0 Å². The first-order valence-electron chi connectivity index (χ1n) is 5.16. The molecule has 0 saturated heterocycles. The summed E-state index contributed by atoms with van der Waals surface area (Å²) in [5.74, 6) is 0.939. The van der Waals surface area contributed by atoms with E-state index in [4.69, 9.17) is 10.5 Å². The van der Waals surface area contributed by atoms with Crippen LogP contribution in [0, 0.1) is 0 Å². The Morgan fingerprint density at radius 3 is 2.43 bits per heavy atom. The molecule has 1 aromatic rings. The molecule has 2 atom stereocenters. The van der Waals surface area contributed by atoms with Gasteiger partial charge in [0.2, 0.25) is 0 Å². The molecular weight excluding hydrogens is 174 g/mol. The van der Waals surface area contributed by atoms with Crippen molar-refractivity contribution in [2.75, 3.05) is 6.61 Å². The molecule has 2 nitrogen and oxygen atoms in total. The van der Waals surface area contributed by atoms with Crippen LogP contribution in [0.2, 0.25) is 0 Å². The van der Waals surface area contributed by atoms with Crippen LogP contribution in [0.1, 0.15) is 25.8 Å². The summed E-state index contributed by atoms with van der Waals surface area (Å²) in [6.07, 6.45) is 1.10. The van der Waals surface area contributed by atoms with E-state index in [0.717, 1.165) is 18.8 Å². The molecule has 0 spiro atoms. The van der Waals surface area contributed by atoms with Crippen LogP contribution in [-0.4, -0.2) is 12.6 Å². The molecule has 0 bridgehead atoms. The smallest absolute Gasteiger partial charge is 0.119 e. The summed E-state index contributed by atoms with van der Waals surface area (Å²) in [4.78, 5) is 0. The molecule has 0 aliphatic heterocycles. The second kappa shape index (κ2) is 3.28. The lowest BCUT2D eigenvalue weighted by atomic mass is 9.97. The highest BCUT2D eigenvalue weighted by molar-refractivity contribution is 5.38. The van der Waals surface area contributed by atoms with Crippen molar-refractivity contribution in [1.82, 2.24) is 0 Å². The van der Waals surface area contributed by atoms with Crippen molar-refractivity contribution in [1.29, 1.82) is 0 Å². The Balaban J connectivity index is 2.15. The SMILES string of the molecule is CCOc1ccc(C2(C)CC2N)cc1. The Hall–Kier alpha value is -1.02. The first-order valence-corrected chi connectivity index (χ1v) is 5.16. The van der Waals surface area contributed by atoms with E-state index in [-0.39, 0.29) is 5.41 Å². The van der Waals surface area contributed by atoms with Gasteiger partial charge in [0.1, 0.15) is 5.75 Å². The predicted molar refractivity (Wildman–Crippen MR) is 57.6 cm³/mol. The zero-order valence-corrected chi connectivity index (χ0v) is 8.79. The molecule has 1 saturated carbocycles. The molecule has 1 aliphatic rings. The Kier molecular flexibility index (Phi) is 2.23. The minimum absolute atomic E-state index is 0.213. The van der Waals surface area contributed by atoms with E-state index in [1.54, 1.807) is 0 Å². The van der Waals surface area contributed by atoms with Gasteiger partial charge in [-0.05, 0) is 31.0 Å². The second-order valence-corrected chi connectivity index (χ2v) is 4.19. The number of benzene rings is 1. The normalized spacial score (nSPS) is 30.1. The fourth-order valence-electron chi connectivity index (χ4n) is 1.83. The summed E-state index contributed by atoms with van der Waals surface area (Å²) in [6.45, 7) is 4.93. The molecule has 14 heavy (non-hydrogen) atoms. The van der Waals surface area contributed by atoms with Crippen molar-refractivity contribution in [3.63, 3.8) is 0 Å². The molecule has 0 aromatic heterocycles. The predicted octanol–water partition coefficient (Wildman–Crippen LogP) is 2.07. The third-order valence-corrected chi connectivity index (χ3v) is 3.13. The lowest BCUT2D eigenvalue weighted by molar-refractivity contribution is 0.340. The van der Waals surface area contributed by atoms with Crippen molar-refractivity contribution in [2.45, 2.75) is 31.7 Å². The molecule has 1 aromatic carbocycles. The van der Waals surface area contributed by atoms with Crippen molar-refractivity contribution >= 4 is 0 Å². The first kappa shape index (κ1) is 9.53. The average Bonchev–Trinajstić information content (AvgIpc) is 2.78. The Morgan fingerprint density at radius 2 is 2.00 bits per heavy atom. The van der Waals surface area contributed by atoms with Gasteiger partial charge in [-0.1, -0.05) is 19.1 Å². The summed E-state index contributed by atoms with van der Waals surface area (Å²) in [5, 5.41) is 0. The molecule has 2 unspecified atom stereocenters. The molecule has 2 N–H and O–H groups in total. The summed E-state index contributed by atoms with van der Waals surface area (Å²) >= 11 is 0. The lowest BCUT2D eigenvalue weighted by Crippen LogP contribution is -2.14. The zero-order chi connectivity index (χ0) is 10.2. The minimum atomic E-state index is 0.213. The van der Waals surface area contributed by atoms with Crippen molar-refractivity contribution in [2.24, 2.45) is 5.73 Å². The largest absolute Gasteiger partial charge is 0.494 e. The quantitative estimate of drug-likeness (QED) is 0.793. The van der Waals surface area contributed by atoms with Gasteiger partial charge in [-0.25, -0.2) is 0 Å². The third kappa shape index (κ3) is 1.50. The van der Waals surface area contributed by atoms with Crippen LogP contribution in [0.15, 0.2) is 24.3 Å². The molecule has 0 amide bonds. The van der Waals surface area contributed by atoms with Crippen molar-refractivity contribution in [3.05, 3.63) is 29.8 Å². The Morgan fingerprint density at radius 1 is 1.43 bits per heavy atom. The van der Waals surface area contributed by atoms with Gasteiger partial charge >= 0.3 is 0 Å². The maximum atomic E-state index is 5.90. The van der Waals surface area contributed by atoms with Crippen molar-refractivity contribution < 1.29 is 4.74 Å². The van der Waals surface area contributed by atoms with Crippen LogP contribution >= 0.6 is 0 Å². The summed E-state index contributed by atoms with van der Waals surface area (Å²) < 4.78 is 5.39. The van der Waals surface area contributed by atoms with E-state index in [9.17, 15) is 0 Å². The van der Waals surface area contributed by atoms with E-state index >= 15 is 0 Å². The number of hydrogen-bond donors (Lipinski definition) is 1. The minimum Gasteiger partial charge on any atom is -0.494 e. The van der Waals surface area contributed by atoms with Gasteiger partial charge in [-0.3, -0.25) is 0 Å². The first-order chi connectivity index (χ1) is 6.66. The van der Waals surface area contributed by atoms with Crippen LogP contribution in [0.5, 0.6) is 5.75 Å². The fourth-order valence-corrected chi connectivity index (χ4v) is 1.83. The topological polar surface area (TPSA) is 35.2 Å². The third-order valence-electron chi connectivity index (χ3n) is 3.13. The van der Waals surface area contributed by atoms with Crippen LogP contribution in [0.3, 0.4) is 0 Å². The number of rotatable bonds is 3.